The minimum Gasteiger partial charge on any atom is -0.496 e. The molecule has 2 atom stereocenters. The molecule has 1 heterocycles. The molecule has 0 aliphatic carbocycles. The Morgan fingerprint density at radius 2 is 2.25 bits per heavy atom. The van der Waals surface area contributed by atoms with Gasteiger partial charge < -0.3 is 20.5 Å². The molecular weight excluding hydrogens is 256 g/mol. The lowest BCUT2D eigenvalue weighted by Gasteiger charge is -2.13. The van der Waals surface area contributed by atoms with Crippen molar-refractivity contribution in [2.24, 2.45) is 5.73 Å². The monoisotopic (exact) mass is 278 g/mol. The van der Waals surface area contributed by atoms with E-state index in [0.29, 0.717) is 13.1 Å². The Morgan fingerprint density at radius 1 is 1.45 bits per heavy atom. The van der Waals surface area contributed by atoms with Crippen LogP contribution in [-0.4, -0.2) is 38.3 Å². The molecular formula is C15H22N2O3. The standard InChI is InChI=1S/C15H22N2O3/c1-19-13-5-3-2-4-11(13)8-9-17-15(18)14-7-6-12(10-16)20-14/h2-5,12,14H,6-10,16H2,1H3,(H,17,18). The van der Waals surface area contributed by atoms with E-state index in [1.54, 1.807) is 7.11 Å². The van der Waals surface area contributed by atoms with E-state index in [1.807, 2.05) is 24.3 Å². The highest BCUT2D eigenvalue weighted by atomic mass is 16.5. The van der Waals surface area contributed by atoms with Crippen molar-refractivity contribution in [1.29, 1.82) is 0 Å². The Kier molecular flexibility index (Phi) is 5.38. The Labute approximate surface area is 119 Å². The third-order valence-electron chi connectivity index (χ3n) is 3.55. The molecule has 5 nitrogen and oxygen atoms in total. The van der Waals surface area contributed by atoms with Gasteiger partial charge in [-0.15, -0.1) is 0 Å². The van der Waals surface area contributed by atoms with Crippen molar-refractivity contribution in [3.63, 3.8) is 0 Å². The molecule has 0 aromatic heterocycles. The zero-order valence-electron chi connectivity index (χ0n) is 11.8. The van der Waals surface area contributed by atoms with E-state index in [4.69, 9.17) is 15.2 Å². The summed E-state index contributed by atoms with van der Waals surface area (Å²) in [6, 6.07) is 7.82. The number of rotatable bonds is 6. The largest absolute Gasteiger partial charge is 0.496 e. The van der Waals surface area contributed by atoms with Crippen molar-refractivity contribution < 1.29 is 14.3 Å². The first-order valence-electron chi connectivity index (χ1n) is 6.99. The molecule has 1 aliphatic heterocycles. The third-order valence-corrected chi connectivity index (χ3v) is 3.55. The van der Waals surface area contributed by atoms with Crippen molar-refractivity contribution in [1.82, 2.24) is 5.32 Å². The number of benzene rings is 1. The van der Waals surface area contributed by atoms with Crippen molar-refractivity contribution >= 4 is 5.91 Å². The lowest BCUT2D eigenvalue weighted by atomic mass is 10.1. The number of carbonyl (C=O) groups excluding carboxylic acids is 1. The topological polar surface area (TPSA) is 73.6 Å². The van der Waals surface area contributed by atoms with Gasteiger partial charge in [-0.2, -0.15) is 0 Å². The summed E-state index contributed by atoms with van der Waals surface area (Å²) in [5, 5.41) is 2.91. The van der Waals surface area contributed by atoms with Gasteiger partial charge in [-0.25, -0.2) is 0 Å². The first kappa shape index (κ1) is 14.8. The molecule has 0 spiro atoms. The van der Waals surface area contributed by atoms with Gasteiger partial charge in [0.05, 0.1) is 13.2 Å². The molecule has 1 saturated heterocycles. The first-order valence-corrected chi connectivity index (χ1v) is 6.99. The van der Waals surface area contributed by atoms with E-state index in [9.17, 15) is 4.79 Å². The van der Waals surface area contributed by atoms with Crippen molar-refractivity contribution in [3.05, 3.63) is 29.8 Å². The highest BCUT2D eigenvalue weighted by Crippen LogP contribution is 2.19. The van der Waals surface area contributed by atoms with Crippen LogP contribution in [0.1, 0.15) is 18.4 Å². The summed E-state index contributed by atoms with van der Waals surface area (Å²) in [6.07, 6.45) is 2.04. The molecule has 1 aromatic carbocycles. The van der Waals surface area contributed by atoms with Gasteiger partial charge in [0.1, 0.15) is 11.9 Å². The van der Waals surface area contributed by atoms with E-state index >= 15 is 0 Å². The number of methoxy groups -OCH3 is 1. The molecule has 1 amide bonds. The minimum atomic E-state index is -0.346. The molecule has 1 fully saturated rings. The smallest absolute Gasteiger partial charge is 0.249 e. The van der Waals surface area contributed by atoms with Crippen molar-refractivity contribution in [2.75, 3.05) is 20.2 Å². The van der Waals surface area contributed by atoms with Gasteiger partial charge >= 0.3 is 0 Å². The van der Waals surface area contributed by atoms with Crippen LogP contribution < -0.4 is 15.8 Å². The Hall–Kier alpha value is -1.59. The second-order valence-corrected chi connectivity index (χ2v) is 4.91. The second-order valence-electron chi connectivity index (χ2n) is 4.91. The van der Waals surface area contributed by atoms with Gasteiger partial charge in [0.15, 0.2) is 0 Å². The Bertz CT molecular complexity index is 450. The van der Waals surface area contributed by atoms with E-state index < -0.39 is 0 Å². The molecule has 110 valence electrons. The van der Waals surface area contributed by atoms with Crippen LogP contribution in [0.3, 0.4) is 0 Å². The maximum absolute atomic E-state index is 11.9. The maximum Gasteiger partial charge on any atom is 0.249 e. The highest BCUT2D eigenvalue weighted by Gasteiger charge is 2.29. The fourth-order valence-corrected chi connectivity index (χ4v) is 2.42. The predicted molar refractivity (Wildman–Crippen MR) is 76.7 cm³/mol. The molecule has 20 heavy (non-hydrogen) atoms. The fraction of sp³-hybridized carbons (Fsp3) is 0.533. The molecule has 3 N–H and O–H groups in total. The van der Waals surface area contributed by atoms with Crippen molar-refractivity contribution in [3.8, 4) is 5.75 Å². The summed E-state index contributed by atoms with van der Waals surface area (Å²) in [5.41, 5.74) is 6.62. The summed E-state index contributed by atoms with van der Waals surface area (Å²) >= 11 is 0. The van der Waals surface area contributed by atoms with Gasteiger partial charge in [-0.05, 0) is 30.9 Å². The number of nitrogens with one attached hydrogen (secondary N) is 1. The predicted octanol–water partition coefficient (Wildman–Crippen LogP) is 0.860. The van der Waals surface area contributed by atoms with Crippen LogP contribution in [0.2, 0.25) is 0 Å². The summed E-state index contributed by atoms with van der Waals surface area (Å²) in [6.45, 7) is 1.05. The lowest BCUT2D eigenvalue weighted by Crippen LogP contribution is -2.36. The van der Waals surface area contributed by atoms with Gasteiger partial charge in [0, 0.05) is 13.1 Å². The van der Waals surface area contributed by atoms with E-state index in [-0.39, 0.29) is 18.1 Å². The number of hydrogen-bond donors (Lipinski definition) is 2. The average Bonchev–Trinajstić information content (AvgIpc) is 2.96. The maximum atomic E-state index is 11.9. The van der Waals surface area contributed by atoms with Crippen LogP contribution in [0.15, 0.2) is 24.3 Å². The quantitative estimate of drug-likeness (QED) is 0.809. The molecule has 1 aromatic rings. The summed E-state index contributed by atoms with van der Waals surface area (Å²) in [5.74, 6) is 0.804. The SMILES string of the molecule is COc1ccccc1CCNC(=O)C1CCC(CN)O1. The molecule has 2 unspecified atom stereocenters. The van der Waals surface area contributed by atoms with Gasteiger partial charge in [0.25, 0.3) is 0 Å². The summed E-state index contributed by atoms with van der Waals surface area (Å²) in [7, 11) is 1.65. The molecule has 1 aliphatic rings. The molecule has 5 heteroatoms. The van der Waals surface area contributed by atoms with Crippen LogP contribution >= 0.6 is 0 Å². The third kappa shape index (κ3) is 3.71. The van der Waals surface area contributed by atoms with E-state index in [1.165, 1.54) is 0 Å². The first-order chi connectivity index (χ1) is 9.74. The number of para-hydroxylation sites is 1. The van der Waals surface area contributed by atoms with Crippen LogP contribution in [0.4, 0.5) is 0 Å². The summed E-state index contributed by atoms with van der Waals surface area (Å²) < 4.78 is 10.8. The normalized spacial score (nSPS) is 21.7. The van der Waals surface area contributed by atoms with Crippen molar-refractivity contribution in [2.45, 2.75) is 31.5 Å². The van der Waals surface area contributed by atoms with Crippen LogP contribution in [0, 0.1) is 0 Å². The highest BCUT2D eigenvalue weighted by molar-refractivity contribution is 5.81. The number of amides is 1. The number of carbonyl (C=O) groups is 1. The van der Waals surface area contributed by atoms with Gasteiger partial charge in [-0.1, -0.05) is 18.2 Å². The Morgan fingerprint density at radius 3 is 2.95 bits per heavy atom. The molecule has 0 bridgehead atoms. The van der Waals surface area contributed by atoms with Crippen LogP contribution in [-0.2, 0) is 16.0 Å². The fourth-order valence-electron chi connectivity index (χ4n) is 2.42. The van der Waals surface area contributed by atoms with Gasteiger partial charge in [-0.3, -0.25) is 4.79 Å². The zero-order chi connectivity index (χ0) is 14.4. The van der Waals surface area contributed by atoms with Crippen LogP contribution in [0.5, 0.6) is 5.75 Å². The van der Waals surface area contributed by atoms with E-state index in [2.05, 4.69) is 5.32 Å². The number of ether oxygens (including phenoxy) is 2. The second kappa shape index (κ2) is 7.26. The molecule has 0 saturated carbocycles. The zero-order valence-corrected chi connectivity index (χ0v) is 11.8. The van der Waals surface area contributed by atoms with Crippen LogP contribution in [0.25, 0.3) is 0 Å². The summed E-state index contributed by atoms with van der Waals surface area (Å²) in [4.78, 5) is 11.9. The van der Waals surface area contributed by atoms with E-state index in [0.717, 1.165) is 30.6 Å². The average molecular weight is 278 g/mol. The number of nitrogens with two attached hydrogens (primary N) is 1. The van der Waals surface area contributed by atoms with Gasteiger partial charge in [0.2, 0.25) is 5.91 Å². The minimum absolute atomic E-state index is 0.0277. The number of hydrogen-bond acceptors (Lipinski definition) is 4. The molecule has 0 radical (unpaired) electrons. The Balaban J connectivity index is 1.77. The molecule has 2 rings (SSSR count). The lowest BCUT2D eigenvalue weighted by molar-refractivity contribution is -0.131.